The van der Waals surface area contributed by atoms with Crippen LogP contribution < -0.4 is 16.0 Å². The number of primary amides is 1. The maximum absolute atomic E-state index is 12.8. The van der Waals surface area contributed by atoms with Crippen molar-refractivity contribution in [3.05, 3.63) is 65.7 Å². The first-order valence-electron chi connectivity index (χ1n) is 10.1. The molecule has 1 spiro atoms. The van der Waals surface area contributed by atoms with Crippen LogP contribution in [0.15, 0.2) is 54.6 Å². The normalized spacial score (nSPS) is 26.7. The minimum absolute atomic E-state index is 0.0320. The van der Waals surface area contributed by atoms with E-state index in [9.17, 15) is 9.59 Å². The zero-order chi connectivity index (χ0) is 20.6. The van der Waals surface area contributed by atoms with Gasteiger partial charge in [0, 0.05) is 5.54 Å². The molecule has 1 aliphatic heterocycles. The third kappa shape index (κ3) is 3.27. The fourth-order valence-corrected chi connectivity index (χ4v) is 4.99. The summed E-state index contributed by atoms with van der Waals surface area (Å²) < 4.78 is 0. The van der Waals surface area contributed by atoms with Crippen molar-refractivity contribution in [3.8, 4) is 0 Å². The molecule has 0 radical (unpaired) electrons. The van der Waals surface area contributed by atoms with Gasteiger partial charge in [-0.25, -0.2) is 4.79 Å². The molecular formula is C23H28N4O2. The van der Waals surface area contributed by atoms with E-state index in [-0.39, 0.29) is 17.1 Å². The van der Waals surface area contributed by atoms with Crippen molar-refractivity contribution in [1.29, 1.82) is 0 Å². The van der Waals surface area contributed by atoms with E-state index in [0.29, 0.717) is 17.8 Å². The number of nitrogens with zero attached hydrogens (tertiary/aromatic N) is 2. The highest BCUT2D eigenvalue weighted by atomic mass is 16.2. The van der Waals surface area contributed by atoms with Gasteiger partial charge in [0.1, 0.15) is 0 Å². The Morgan fingerprint density at radius 3 is 2.24 bits per heavy atom. The Morgan fingerprint density at radius 2 is 1.62 bits per heavy atom. The van der Waals surface area contributed by atoms with E-state index in [1.807, 2.05) is 12.1 Å². The van der Waals surface area contributed by atoms with E-state index in [4.69, 9.17) is 5.73 Å². The summed E-state index contributed by atoms with van der Waals surface area (Å²) in [6.07, 6.45) is 3.66. The number of nitrogens with one attached hydrogen (secondary N) is 1. The lowest BCUT2D eigenvalue weighted by Gasteiger charge is -2.48. The second kappa shape index (κ2) is 7.19. The molecule has 0 unspecified atom stereocenters. The molecule has 1 saturated carbocycles. The maximum Gasteiger partial charge on any atom is 0.322 e. The molecule has 29 heavy (non-hydrogen) atoms. The zero-order valence-corrected chi connectivity index (χ0v) is 17.0. The Labute approximate surface area is 171 Å². The largest absolute Gasteiger partial charge is 0.366 e. The number of benzene rings is 2. The fraction of sp³-hybridized carbons (Fsp3) is 0.391. The summed E-state index contributed by atoms with van der Waals surface area (Å²) in [4.78, 5) is 28.7. The summed E-state index contributed by atoms with van der Waals surface area (Å²) in [7, 11) is 4.27. The minimum Gasteiger partial charge on any atom is -0.366 e. The average Bonchev–Trinajstić information content (AvgIpc) is 3.05. The molecule has 2 fully saturated rings. The summed E-state index contributed by atoms with van der Waals surface area (Å²) in [6, 6.07) is 17.5. The van der Waals surface area contributed by atoms with Crippen molar-refractivity contribution < 1.29 is 9.59 Å². The quantitative estimate of drug-likeness (QED) is 0.839. The van der Waals surface area contributed by atoms with Crippen molar-refractivity contribution in [2.24, 2.45) is 5.73 Å². The highest BCUT2D eigenvalue weighted by Gasteiger charge is 2.50. The fourth-order valence-electron chi connectivity index (χ4n) is 4.99. The van der Waals surface area contributed by atoms with Gasteiger partial charge >= 0.3 is 6.03 Å². The maximum atomic E-state index is 12.8. The second-order valence-corrected chi connectivity index (χ2v) is 8.47. The van der Waals surface area contributed by atoms with Crippen molar-refractivity contribution >= 4 is 17.6 Å². The molecule has 1 aliphatic carbocycles. The average molecular weight is 393 g/mol. The van der Waals surface area contributed by atoms with Gasteiger partial charge in [0.25, 0.3) is 5.91 Å². The summed E-state index contributed by atoms with van der Waals surface area (Å²) in [5, 5.41) is 3.23. The third-order valence-electron chi connectivity index (χ3n) is 6.74. The first kappa shape index (κ1) is 19.5. The van der Waals surface area contributed by atoms with E-state index in [2.05, 4.69) is 48.6 Å². The monoisotopic (exact) mass is 392 g/mol. The number of urea groups is 1. The predicted octanol–water partition coefficient (Wildman–Crippen LogP) is 3.09. The van der Waals surface area contributed by atoms with Gasteiger partial charge < -0.3 is 11.1 Å². The van der Waals surface area contributed by atoms with Crippen molar-refractivity contribution in [2.75, 3.05) is 25.5 Å². The number of nitrogens with two attached hydrogens (primary N) is 1. The highest BCUT2D eigenvalue weighted by molar-refractivity contribution is 6.04. The summed E-state index contributed by atoms with van der Waals surface area (Å²) in [6.45, 7) is 0.550. The van der Waals surface area contributed by atoms with E-state index in [1.165, 1.54) is 5.56 Å². The van der Waals surface area contributed by atoms with Crippen molar-refractivity contribution in [3.63, 3.8) is 0 Å². The molecule has 2 aromatic rings. The number of anilines is 1. The van der Waals surface area contributed by atoms with Crippen molar-refractivity contribution in [2.45, 2.75) is 36.8 Å². The molecule has 6 nitrogen and oxygen atoms in total. The van der Waals surface area contributed by atoms with Crippen LogP contribution >= 0.6 is 0 Å². The Balaban J connectivity index is 1.58. The zero-order valence-electron chi connectivity index (χ0n) is 17.0. The van der Waals surface area contributed by atoms with Gasteiger partial charge in [0.05, 0.1) is 23.3 Å². The smallest absolute Gasteiger partial charge is 0.322 e. The van der Waals surface area contributed by atoms with Crippen LogP contribution in [0.3, 0.4) is 0 Å². The van der Waals surface area contributed by atoms with Gasteiger partial charge in [-0.2, -0.15) is 0 Å². The SMILES string of the molecule is CN(C)[C@]1(c2ccccc2)CC[C@@]2(CC1)CN(c1ccccc1C(N)=O)C(=O)N2. The summed E-state index contributed by atoms with van der Waals surface area (Å²) in [5.74, 6) is -0.520. The molecule has 2 aliphatic rings. The van der Waals surface area contributed by atoms with Gasteiger partial charge in [-0.1, -0.05) is 42.5 Å². The van der Waals surface area contributed by atoms with Crippen LogP contribution in [0.25, 0.3) is 0 Å². The van der Waals surface area contributed by atoms with Crippen LogP contribution in [0.1, 0.15) is 41.6 Å². The molecule has 3 N–H and O–H groups in total. The lowest BCUT2D eigenvalue weighted by atomic mass is 9.69. The number of hydrogen-bond acceptors (Lipinski definition) is 3. The van der Waals surface area contributed by atoms with Crippen LogP contribution in [0, 0.1) is 0 Å². The Kier molecular flexibility index (Phi) is 4.82. The molecule has 4 rings (SSSR count). The van der Waals surface area contributed by atoms with Gasteiger partial charge in [-0.05, 0) is 57.5 Å². The van der Waals surface area contributed by atoms with E-state index < -0.39 is 5.91 Å². The number of hydrogen-bond donors (Lipinski definition) is 2. The molecule has 0 atom stereocenters. The van der Waals surface area contributed by atoms with Crippen LogP contribution in [0.2, 0.25) is 0 Å². The summed E-state index contributed by atoms with van der Waals surface area (Å²) in [5.41, 5.74) is 7.50. The van der Waals surface area contributed by atoms with Crippen molar-refractivity contribution in [1.82, 2.24) is 10.2 Å². The molecule has 3 amide bonds. The van der Waals surface area contributed by atoms with E-state index in [0.717, 1.165) is 25.7 Å². The third-order valence-corrected chi connectivity index (χ3v) is 6.74. The Morgan fingerprint density at radius 1 is 1.00 bits per heavy atom. The number of rotatable bonds is 4. The van der Waals surface area contributed by atoms with Crippen LogP contribution in [0.5, 0.6) is 0 Å². The molecule has 1 saturated heterocycles. The number of carbonyl (C=O) groups excluding carboxylic acids is 2. The Hall–Kier alpha value is -2.86. The first-order chi connectivity index (χ1) is 13.9. The van der Waals surface area contributed by atoms with Gasteiger partial charge in [0.2, 0.25) is 0 Å². The lowest BCUT2D eigenvalue weighted by Crippen LogP contribution is -2.54. The van der Waals surface area contributed by atoms with Gasteiger partial charge in [0.15, 0.2) is 0 Å². The molecule has 1 heterocycles. The molecule has 0 aromatic heterocycles. The standard InChI is InChI=1S/C23H28N4O2/c1-26(2)23(17-8-4-3-5-9-17)14-12-22(13-15-23)16-27(21(29)25-22)19-11-7-6-10-18(19)20(24)28/h3-11H,12-16H2,1-2H3,(H2,24,28)(H,25,29)/t22-,23-. The first-order valence-corrected chi connectivity index (χ1v) is 10.1. The van der Waals surface area contributed by atoms with Crippen LogP contribution in [-0.4, -0.2) is 43.0 Å². The second-order valence-electron chi connectivity index (χ2n) is 8.47. The Bertz CT molecular complexity index is 917. The molecule has 6 heteroatoms. The number of amides is 3. The van der Waals surface area contributed by atoms with Crippen LogP contribution in [-0.2, 0) is 5.54 Å². The predicted molar refractivity (Wildman–Crippen MR) is 114 cm³/mol. The van der Waals surface area contributed by atoms with Crippen LogP contribution in [0.4, 0.5) is 10.5 Å². The molecule has 0 bridgehead atoms. The molecule has 152 valence electrons. The van der Waals surface area contributed by atoms with Gasteiger partial charge in [-0.3, -0.25) is 14.6 Å². The molecular weight excluding hydrogens is 364 g/mol. The van der Waals surface area contributed by atoms with Gasteiger partial charge in [-0.15, -0.1) is 0 Å². The molecule has 2 aromatic carbocycles. The lowest BCUT2D eigenvalue weighted by molar-refractivity contribution is 0.0657. The van der Waals surface area contributed by atoms with E-state index >= 15 is 0 Å². The highest BCUT2D eigenvalue weighted by Crippen LogP contribution is 2.46. The summed E-state index contributed by atoms with van der Waals surface area (Å²) >= 11 is 0. The number of carbonyl (C=O) groups is 2. The van der Waals surface area contributed by atoms with E-state index in [1.54, 1.807) is 23.1 Å². The topological polar surface area (TPSA) is 78.7 Å². The minimum atomic E-state index is -0.520. The number of para-hydroxylation sites is 1.